The van der Waals surface area contributed by atoms with Crippen LogP contribution in [0.2, 0.25) is 0 Å². The molecule has 0 spiro atoms. The van der Waals surface area contributed by atoms with Gasteiger partial charge in [0.2, 0.25) is 11.9 Å². The van der Waals surface area contributed by atoms with Crippen molar-refractivity contribution < 1.29 is 4.79 Å². The van der Waals surface area contributed by atoms with Crippen LogP contribution in [-0.4, -0.2) is 24.5 Å². The van der Waals surface area contributed by atoms with E-state index in [1.807, 2.05) is 36.6 Å². The Morgan fingerprint density at radius 1 is 1.39 bits per heavy atom. The second kappa shape index (κ2) is 8.30. The lowest BCUT2D eigenvalue weighted by atomic mass is 10.3. The first-order valence-corrected chi connectivity index (χ1v) is 6.73. The molecule has 1 amide bonds. The predicted octanol–water partition coefficient (Wildman–Crippen LogP) is 2.10. The molecule has 0 aliphatic rings. The molecule has 0 saturated heterocycles. The topological polar surface area (TPSA) is 65.8 Å². The van der Waals surface area contributed by atoms with Gasteiger partial charge in [-0.15, -0.1) is 0 Å². The van der Waals surface area contributed by atoms with E-state index in [2.05, 4.69) is 20.0 Å². The zero-order valence-corrected chi connectivity index (χ0v) is 11.2. The fourth-order valence-corrected chi connectivity index (χ4v) is 1.34. The number of nitrogens with zero attached hydrogens (tertiary/aromatic N) is 2. The summed E-state index contributed by atoms with van der Waals surface area (Å²) in [6, 6.07) is 9.48. The fourth-order valence-electron chi connectivity index (χ4n) is 1.06. The molecule has 0 aromatic heterocycles. The Morgan fingerprint density at radius 3 is 2.72 bits per heavy atom. The highest BCUT2D eigenvalue weighted by atomic mass is 32.2. The third kappa shape index (κ3) is 5.49. The Kier molecular flexibility index (Phi) is 6.56. The minimum atomic E-state index is -0.0815. The summed E-state index contributed by atoms with van der Waals surface area (Å²) in [7, 11) is 0. The lowest BCUT2D eigenvalue weighted by Crippen LogP contribution is -2.22. The predicted molar refractivity (Wildman–Crippen MR) is 77.1 cm³/mol. The first-order valence-electron chi connectivity index (χ1n) is 5.51. The van der Waals surface area contributed by atoms with Gasteiger partial charge < -0.3 is 5.32 Å². The third-order valence-electron chi connectivity index (χ3n) is 1.92. The largest absolute Gasteiger partial charge is 0.317 e. The van der Waals surface area contributed by atoms with E-state index >= 15 is 0 Å². The number of hydrogen-bond acceptors (Lipinski definition) is 3. The highest BCUT2D eigenvalue weighted by Crippen LogP contribution is 2.10. The molecule has 0 heterocycles. The summed E-state index contributed by atoms with van der Waals surface area (Å²) >= 11 is 1.39. The van der Waals surface area contributed by atoms with E-state index in [0.29, 0.717) is 12.4 Å². The summed E-state index contributed by atoms with van der Waals surface area (Å²) in [6.45, 7) is 1.78. The molecule has 0 atom stereocenters. The van der Waals surface area contributed by atoms with Crippen LogP contribution < -0.4 is 10.0 Å². The van der Waals surface area contributed by atoms with Crippen molar-refractivity contribution in [3.63, 3.8) is 0 Å². The zero-order chi connectivity index (χ0) is 13.2. The summed E-state index contributed by atoms with van der Waals surface area (Å²) in [4.78, 5) is 19.4. The number of rotatable bonds is 4. The number of guanidine groups is 1. The normalized spacial score (nSPS) is 11.6. The van der Waals surface area contributed by atoms with E-state index in [4.69, 9.17) is 0 Å². The molecule has 6 heteroatoms. The number of hydrogen-bond donors (Lipinski definition) is 2. The van der Waals surface area contributed by atoms with Crippen molar-refractivity contribution in [2.75, 3.05) is 6.26 Å². The molecule has 2 N–H and O–H groups in total. The van der Waals surface area contributed by atoms with Crippen LogP contribution in [-0.2, 0) is 4.79 Å². The molecule has 96 valence electrons. The highest BCUT2D eigenvalue weighted by molar-refractivity contribution is 7.97. The van der Waals surface area contributed by atoms with Crippen LogP contribution in [0.4, 0.5) is 5.69 Å². The number of amides is 1. The van der Waals surface area contributed by atoms with Gasteiger partial charge in [-0.2, -0.15) is 0 Å². The quantitative estimate of drug-likeness (QED) is 0.497. The van der Waals surface area contributed by atoms with Crippen LogP contribution >= 0.6 is 11.9 Å². The van der Waals surface area contributed by atoms with Crippen molar-refractivity contribution in [1.82, 2.24) is 10.0 Å². The smallest absolute Gasteiger partial charge is 0.234 e. The number of carbonyl (C=O) groups is 1. The molecular weight excluding hydrogens is 248 g/mol. The molecule has 0 aliphatic heterocycles. The third-order valence-corrected chi connectivity index (χ3v) is 2.30. The molecule has 0 unspecified atom stereocenters. The second-order valence-electron chi connectivity index (χ2n) is 3.26. The maximum absolute atomic E-state index is 11.0. The van der Waals surface area contributed by atoms with Gasteiger partial charge in [0.25, 0.3) is 0 Å². The molecule has 5 nitrogen and oxygen atoms in total. The van der Waals surface area contributed by atoms with Crippen LogP contribution in [0.3, 0.4) is 0 Å². The lowest BCUT2D eigenvalue weighted by molar-refractivity contribution is -0.119. The Labute approximate surface area is 111 Å². The monoisotopic (exact) mass is 264 g/mol. The Morgan fingerprint density at radius 2 is 2.11 bits per heavy atom. The highest BCUT2D eigenvalue weighted by Gasteiger charge is 1.96. The zero-order valence-electron chi connectivity index (χ0n) is 10.4. The van der Waals surface area contributed by atoms with E-state index in [1.165, 1.54) is 18.3 Å². The second-order valence-corrected chi connectivity index (χ2v) is 3.87. The molecule has 1 aromatic rings. The Balaban J connectivity index is 2.70. The van der Waals surface area contributed by atoms with Gasteiger partial charge in [0.1, 0.15) is 0 Å². The van der Waals surface area contributed by atoms with E-state index < -0.39 is 0 Å². The van der Waals surface area contributed by atoms with Crippen molar-refractivity contribution >= 4 is 35.8 Å². The number of nitrogens with one attached hydrogen (secondary N) is 2. The average molecular weight is 264 g/mol. The van der Waals surface area contributed by atoms with Gasteiger partial charge in [0.15, 0.2) is 0 Å². The molecule has 1 rings (SSSR count). The van der Waals surface area contributed by atoms with Crippen molar-refractivity contribution in [2.24, 2.45) is 9.98 Å². The van der Waals surface area contributed by atoms with Gasteiger partial charge in [-0.25, -0.2) is 9.98 Å². The molecule has 0 bridgehead atoms. The standard InChI is InChI=1S/C12H16N4OS/c1-3-11(17)13-9-14-12(16-18-2)15-10-7-5-4-6-8-10/h4-9H,3H2,1-2H3,(H2,13,14,15,16,17). The Hall–Kier alpha value is -1.82. The summed E-state index contributed by atoms with van der Waals surface area (Å²) in [5.41, 5.74) is 0.799. The van der Waals surface area contributed by atoms with Crippen molar-refractivity contribution in [3.8, 4) is 0 Å². The summed E-state index contributed by atoms with van der Waals surface area (Å²) < 4.78 is 2.94. The van der Waals surface area contributed by atoms with Gasteiger partial charge >= 0.3 is 0 Å². The van der Waals surface area contributed by atoms with Crippen LogP contribution in [0.15, 0.2) is 40.3 Å². The molecule has 0 fully saturated rings. The Bertz CT molecular complexity index is 431. The number of carbonyl (C=O) groups excluding carboxylic acids is 1. The molecule has 1 aromatic carbocycles. The number of aliphatic imine (C=N–C) groups is 2. The van der Waals surface area contributed by atoms with Crippen LogP contribution in [0, 0.1) is 0 Å². The van der Waals surface area contributed by atoms with E-state index in [9.17, 15) is 4.79 Å². The van der Waals surface area contributed by atoms with Crippen molar-refractivity contribution in [3.05, 3.63) is 30.3 Å². The minimum Gasteiger partial charge on any atom is -0.317 e. The maximum atomic E-state index is 11.0. The average Bonchev–Trinajstić information content (AvgIpc) is 2.40. The van der Waals surface area contributed by atoms with Gasteiger partial charge in [-0.05, 0) is 12.1 Å². The molecule has 0 saturated carbocycles. The first kappa shape index (κ1) is 14.2. The van der Waals surface area contributed by atoms with Crippen LogP contribution in [0.5, 0.6) is 0 Å². The van der Waals surface area contributed by atoms with E-state index in [0.717, 1.165) is 5.69 Å². The summed E-state index contributed by atoms with van der Waals surface area (Å²) in [5.74, 6) is 0.354. The summed E-state index contributed by atoms with van der Waals surface area (Å²) in [5, 5.41) is 2.55. The van der Waals surface area contributed by atoms with Gasteiger partial charge in [-0.3, -0.25) is 9.52 Å². The lowest BCUT2D eigenvalue weighted by Gasteiger charge is -2.01. The maximum Gasteiger partial charge on any atom is 0.234 e. The van der Waals surface area contributed by atoms with Crippen molar-refractivity contribution in [2.45, 2.75) is 13.3 Å². The van der Waals surface area contributed by atoms with Crippen LogP contribution in [0.1, 0.15) is 13.3 Å². The molecule has 18 heavy (non-hydrogen) atoms. The molecule has 0 radical (unpaired) electrons. The first-order chi connectivity index (χ1) is 8.76. The van der Waals surface area contributed by atoms with Gasteiger partial charge in [-0.1, -0.05) is 37.1 Å². The molecular formula is C12H16N4OS. The number of benzene rings is 1. The number of para-hydroxylation sites is 1. The fraction of sp³-hybridized carbons (Fsp3) is 0.250. The van der Waals surface area contributed by atoms with Crippen molar-refractivity contribution in [1.29, 1.82) is 0 Å². The minimum absolute atomic E-state index is 0.0815. The van der Waals surface area contributed by atoms with Gasteiger partial charge in [0, 0.05) is 12.7 Å². The molecule has 0 aliphatic carbocycles. The van der Waals surface area contributed by atoms with E-state index in [1.54, 1.807) is 6.92 Å². The van der Waals surface area contributed by atoms with Crippen LogP contribution in [0.25, 0.3) is 0 Å². The summed E-state index contributed by atoms with van der Waals surface area (Å²) in [6.07, 6.45) is 3.64. The SMILES string of the molecule is CCC(=O)N/C=N/C(=Nc1ccccc1)NSC. The van der Waals surface area contributed by atoms with E-state index in [-0.39, 0.29) is 5.91 Å². The van der Waals surface area contributed by atoms with Gasteiger partial charge in [0.05, 0.1) is 12.0 Å².